The van der Waals surface area contributed by atoms with E-state index in [4.69, 9.17) is 0 Å². The maximum atomic E-state index is 13.2. The first-order chi connectivity index (χ1) is 8.41. The monoisotopic (exact) mass is 254 g/mol. The van der Waals surface area contributed by atoms with Crippen LogP contribution in [0.2, 0.25) is 0 Å². The summed E-state index contributed by atoms with van der Waals surface area (Å²) in [6.45, 7) is 3.48. The number of rotatable bonds is 3. The second-order valence-corrected chi connectivity index (χ2v) is 4.43. The van der Waals surface area contributed by atoms with Crippen LogP contribution < -0.4 is 0 Å². The van der Waals surface area contributed by atoms with E-state index in [0.29, 0.717) is 0 Å². The Morgan fingerprint density at radius 2 is 1.94 bits per heavy atom. The van der Waals surface area contributed by atoms with Crippen LogP contribution >= 0.6 is 0 Å². The Bertz CT molecular complexity index is 607. The third-order valence-electron chi connectivity index (χ3n) is 2.80. The highest BCUT2D eigenvalue weighted by atomic mass is 19.2. The quantitative estimate of drug-likeness (QED) is 0.915. The third-order valence-corrected chi connectivity index (χ3v) is 2.80. The summed E-state index contributed by atoms with van der Waals surface area (Å²) in [5.41, 5.74) is 0.510. The molecule has 2 rings (SSSR count). The molecule has 1 heterocycles. The van der Waals surface area contributed by atoms with Crippen LogP contribution in [0.25, 0.3) is 11.0 Å². The van der Waals surface area contributed by atoms with Gasteiger partial charge in [-0.15, -0.1) is 0 Å². The van der Waals surface area contributed by atoms with Gasteiger partial charge in [-0.05, 0) is 5.92 Å². The predicted octanol–water partition coefficient (Wildman–Crippen LogP) is 2.60. The molecular formula is C12H12F2N2O2. The van der Waals surface area contributed by atoms with Crippen LogP contribution in [0.4, 0.5) is 8.78 Å². The third kappa shape index (κ3) is 1.94. The van der Waals surface area contributed by atoms with Gasteiger partial charge in [0, 0.05) is 12.1 Å². The van der Waals surface area contributed by atoms with Gasteiger partial charge in [0.2, 0.25) is 0 Å². The van der Waals surface area contributed by atoms with Crippen molar-refractivity contribution in [2.45, 2.75) is 19.9 Å². The second-order valence-electron chi connectivity index (χ2n) is 4.43. The molecule has 0 bridgehead atoms. The standard InChI is InChI=1S/C12H12F2N2O2/c1-6(2)11(12(17)18)16-5-15-9-3-7(13)8(14)4-10(9)16/h3-6,11H,1-2H3,(H,17,18). The summed E-state index contributed by atoms with van der Waals surface area (Å²) < 4.78 is 27.6. The van der Waals surface area contributed by atoms with Gasteiger partial charge in [0.25, 0.3) is 0 Å². The van der Waals surface area contributed by atoms with Crippen molar-refractivity contribution in [2.75, 3.05) is 0 Å². The maximum absolute atomic E-state index is 13.2. The van der Waals surface area contributed by atoms with Crippen molar-refractivity contribution in [3.05, 3.63) is 30.1 Å². The minimum absolute atomic E-state index is 0.201. The molecule has 4 nitrogen and oxygen atoms in total. The minimum Gasteiger partial charge on any atom is -0.480 e. The van der Waals surface area contributed by atoms with Gasteiger partial charge in [0.15, 0.2) is 11.6 Å². The van der Waals surface area contributed by atoms with Crippen LogP contribution in [0.1, 0.15) is 19.9 Å². The maximum Gasteiger partial charge on any atom is 0.327 e. The number of aromatic nitrogens is 2. The van der Waals surface area contributed by atoms with Crippen molar-refractivity contribution in [3.8, 4) is 0 Å². The first-order valence-corrected chi connectivity index (χ1v) is 5.46. The molecule has 0 saturated heterocycles. The summed E-state index contributed by atoms with van der Waals surface area (Å²) in [5.74, 6) is -3.25. The van der Waals surface area contributed by atoms with Crippen LogP contribution in [0.3, 0.4) is 0 Å². The van der Waals surface area contributed by atoms with Gasteiger partial charge < -0.3 is 9.67 Å². The number of imidazole rings is 1. The van der Waals surface area contributed by atoms with Gasteiger partial charge in [0.05, 0.1) is 17.4 Å². The minimum atomic E-state index is -1.03. The highest BCUT2D eigenvalue weighted by Crippen LogP contribution is 2.25. The van der Waals surface area contributed by atoms with E-state index in [-0.39, 0.29) is 17.0 Å². The van der Waals surface area contributed by atoms with Crippen molar-refractivity contribution in [1.82, 2.24) is 9.55 Å². The molecule has 0 amide bonds. The zero-order chi connectivity index (χ0) is 13.4. The molecule has 1 unspecified atom stereocenters. The molecule has 1 aromatic carbocycles. The van der Waals surface area contributed by atoms with Crippen LogP contribution in [0, 0.1) is 17.6 Å². The van der Waals surface area contributed by atoms with E-state index in [1.165, 1.54) is 10.9 Å². The van der Waals surface area contributed by atoms with E-state index >= 15 is 0 Å². The highest BCUT2D eigenvalue weighted by molar-refractivity contribution is 5.80. The molecule has 0 saturated carbocycles. The van der Waals surface area contributed by atoms with E-state index in [1.807, 2.05) is 0 Å². The molecule has 2 aromatic rings. The average Bonchev–Trinajstić information content (AvgIpc) is 2.62. The molecule has 0 fully saturated rings. The van der Waals surface area contributed by atoms with Crippen molar-refractivity contribution in [3.63, 3.8) is 0 Å². The zero-order valence-corrected chi connectivity index (χ0v) is 9.89. The first kappa shape index (κ1) is 12.5. The molecule has 0 aliphatic carbocycles. The Hall–Kier alpha value is -1.98. The van der Waals surface area contributed by atoms with Gasteiger partial charge >= 0.3 is 5.97 Å². The summed E-state index contributed by atoms with van der Waals surface area (Å²) in [4.78, 5) is 15.1. The lowest BCUT2D eigenvalue weighted by Crippen LogP contribution is -2.23. The summed E-state index contributed by atoms with van der Waals surface area (Å²) >= 11 is 0. The second kappa shape index (κ2) is 4.36. The molecule has 1 atom stereocenters. The van der Waals surface area contributed by atoms with Crippen molar-refractivity contribution < 1.29 is 18.7 Å². The summed E-state index contributed by atoms with van der Waals surface area (Å²) in [5, 5.41) is 9.18. The topological polar surface area (TPSA) is 55.1 Å². The fourth-order valence-electron chi connectivity index (χ4n) is 1.97. The molecule has 0 aliphatic rings. The number of hydrogen-bond acceptors (Lipinski definition) is 2. The molecule has 1 N–H and O–H groups in total. The summed E-state index contributed by atoms with van der Waals surface area (Å²) in [6.07, 6.45) is 1.29. The fraction of sp³-hybridized carbons (Fsp3) is 0.333. The van der Waals surface area contributed by atoms with Gasteiger partial charge in [-0.25, -0.2) is 18.6 Å². The lowest BCUT2D eigenvalue weighted by molar-refractivity contribution is -0.142. The van der Waals surface area contributed by atoms with E-state index in [0.717, 1.165) is 12.1 Å². The number of carboxylic acid groups (broad SMARTS) is 1. The number of aliphatic carboxylic acids is 1. The Morgan fingerprint density at radius 3 is 2.50 bits per heavy atom. The van der Waals surface area contributed by atoms with Crippen LogP contribution in [0.15, 0.2) is 18.5 Å². The number of carbonyl (C=O) groups is 1. The van der Waals surface area contributed by atoms with Crippen LogP contribution in [-0.4, -0.2) is 20.6 Å². The van der Waals surface area contributed by atoms with Crippen LogP contribution in [0.5, 0.6) is 0 Å². The van der Waals surface area contributed by atoms with Gasteiger partial charge in [-0.1, -0.05) is 13.8 Å². The number of fused-ring (bicyclic) bond motifs is 1. The molecule has 18 heavy (non-hydrogen) atoms. The Labute approximate surface area is 102 Å². The van der Waals surface area contributed by atoms with Crippen molar-refractivity contribution >= 4 is 17.0 Å². The van der Waals surface area contributed by atoms with E-state index in [1.54, 1.807) is 13.8 Å². The zero-order valence-electron chi connectivity index (χ0n) is 9.89. The number of carboxylic acids is 1. The lowest BCUT2D eigenvalue weighted by Gasteiger charge is -2.18. The molecule has 0 aliphatic heterocycles. The number of hydrogen-bond donors (Lipinski definition) is 1. The molecule has 1 aromatic heterocycles. The van der Waals surface area contributed by atoms with E-state index in [9.17, 15) is 18.7 Å². The van der Waals surface area contributed by atoms with E-state index in [2.05, 4.69) is 4.98 Å². The predicted molar refractivity (Wildman–Crippen MR) is 61.2 cm³/mol. The fourth-order valence-corrected chi connectivity index (χ4v) is 1.97. The normalized spacial score (nSPS) is 13.2. The largest absolute Gasteiger partial charge is 0.480 e. The Kier molecular flexibility index (Phi) is 3.02. The van der Waals surface area contributed by atoms with E-state index < -0.39 is 23.6 Å². The lowest BCUT2D eigenvalue weighted by atomic mass is 10.0. The van der Waals surface area contributed by atoms with Gasteiger partial charge in [0.1, 0.15) is 6.04 Å². The molecular weight excluding hydrogens is 242 g/mol. The Balaban J connectivity index is 2.64. The number of halogens is 2. The number of nitrogens with zero attached hydrogens (tertiary/aromatic N) is 2. The summed E-state index contributed by atoms with van der Waals surface area (Å²) in [6, 6.07) is 1.07. The SMILES string of the molecule is CC(C)C(C(=O)O)n1cnc2cc(F)c(F)cc21. The molecule has 0 spiro atoms. The Morgan fingerprint density at radius 1 is 1.33 bits per heavy atom. The van der Waals surface area contributed by atoms with Gasteiger partial charge in [-0.2, -0.15) is 0 Å². The summed E-state index contributed by atoms with van der Waals surface area (Å²) in [7, 11) is 0. The van der Waals surface area contributed by atoms with Crippen molar-refractivity contribution in [1.29, 1.82) is 0 Å². The van der Waals surface area contributed by atoms with Crippen molar-refractivity contribution in [2.24, 2.45) is 5.92 Å². The molecule has 96 valence electrons. The first-order valence-electron chi connectivity index (χ1n) is 5.46. The smallest absolute Gasteiger partial charge is 0.327 e. The number of benzene rings is 1. The van der Waals surface area contributed by atoms with Gasteiger partial charge in [-0.3, -0.25) is 0 Å². The molecule has 6 heteroatoms. The van der Waals surface area contributed by atoms with Crippen LogP contribution in [-0.2, 0) is 4.79 Å². The molecule has 0 radical (unpaired) electrons. The highest BCUT2D eigenvalue weighted by Gasteiger charge is 2.25. The average molecular weight is 254 g/mol.